The van der Waals surface area contributed by atoms with Crippen molar-refractivity contribution >= 4 is 44.6 Å². The Morgan fingerprint density at radius 1 is 1.33 bits per heavy atom. The van der Waals surface area contributed by atoms with Crippen LogP contribution in [0.25, 0.3) is 0 Å². The Morgan fingerprint density at radius 2 is 2.05 bits per heavy atom. The fourth-order valence-electron chi connectivity index (χ4n) is 1.47. The first-order valence-corrected chi connectivity index (χ1v) is 8.36. The molecule has 0 saturated heterocycles. The maximum atomic E-state index is 13.1. The summed E-state index contributed by atoms with van der Waals surface area (Å²) in [5.74, 6) is -1.11. The van der Waals surface area contributed by atoms with Crippen LogP contribution in [0.5, 0.6) is 0 Å². The molecule has 0 unspecified atom stereocenters. The van der Waals surface area contributed by atoms with Crippen LogP contribution in [0.3, 0.4) is 0 Å². The maximum Gasteiger partial charge on any atom is 0.265 e. The van der Waals surface area contributed by atoms with E-state index in [1.165, 1.54) is 30.6 Å². The minimum atomic E-state index is -3.60. The van der Waals surface area contributed by atoms with E-state index in [4.69, 9.17) is 11.6 Å². The fourth-order valence-corrected chi connectivity index (χ4v) is 3.54. The van der Waals surface area contributed by atoms with E-state index in [0.29, 0.717) is 0 Å². The average Bonchev–Trinajstić information content (AvgIpc) is 2.93. The molecule has 21 heavy (non-hydrogen) atoms. The van der Waals surface area contributed by atoms with Crippen LogP contribution in [0, 0.1) is 5.82 Å². The molecule has 1 aromatic heterocycles. The summed E-state index contributed by atoms with van der Waals surface area (Å²) < 4.78 is 38.4. The van der Waals surface area contributed by atoms with Crippen molar-refractivity contribution in [3.8, 4) is 0 Å². The summed E-state index contributed by atoms with van der Waals surface area (Å²) >= 11 is 6.81. The first kappa shape index (κ1) is 15.9. The molecule has 1 heterocycles. The molecule has 0 aliphatic carbocycles. The summed E-state index contributed by atoms with van der Waals surface area (Å²) in [5, 5.41) is 3.96. The number of anilines is 1. The van der Waals surface area contributed by atoms with E-state index in [-0.39, 0.29) is 20.5 Å². The Hall–Kier alpha value is -1.48. The lowest BCUT2D eigenvalue weighted by molar-refractivity contribution is 0.103. The topological polar surface area (TPSA) is 75.3 Å². The third-order valence-electron chi connectivity index (χ3n) is 2.55. The Morgan fingerprint density at radius 3 is 2.71 bits per heavy atom. The van der Waals surface area contributed by atoms with Crippen LogP contribution in [0.4, 0.5) is 10.1 Å². The average molecular weight is 349 g/mol. The second kappa shape index (κ2) is 6.10. The van der Waals surface area contributed by atoms with Crippen molar-refractivity contribution in [2.24, 2.45) is 0 Å². The normalized spacial score (nSPS) is 11.4. The van der Waals surface area contributed by atoms with Gasteiger partial charge < -0.3 is 5.32 Å². The summed E-state index contributed by atoms with van der Waals surface area (Å²) in [4.78, 5) is 12.2. The molecule has 2 N–H and O–H groups in total. The summed E-state index contributed by atoms with van der Waals surface area (Å²) in [6.45, 7) is 0. The number of thiophene rings is 1. The molecule has 1 aromatic carbocycles. The monoisotopic (exact) mass is 348 g/mol. The van der Waals surface area contributed by atoms with E-state index < -0.39 is 21.7 Å². The number of amides is 1. The number of halogens is 2. The van der Waals surface area contributed by atoms with Crippen molar-refractivity contribution in [1.29, 1.82) is 0 Å². The highest BCUT2D eigenvalue weighted by molar-refractivity contribution is 7.89. The van der Waals surface area contributed by atoms with E-state index in [2.05, 4.69) is 10.0 Å². The Labute approximate surface area is 129 Å². The lowest BCUT2D eigenvalue weighted by Gasteiger charge is -2.05. The van der Waals surface area contributed by atoms with E-state index >= 15 is 0 Å². The number of nitrogens with one attached hydrogen (secondary N) is 2. The summed E-state index contributed by atoms with van der Waals surface area (Å²) in [7, 11) is -2.33. The van der Waals surface area contributed by atoms with Crippen LogP contribution in [0.2, 0.25) is 5.02 Å². The van der Waals surface area contributed by atoms with Gasteiger partial charge in [-0.3, -0.25) is 4.79 Å². The zero-order chi connectivity index (χ0) is 15.6. The largest absolute Gasteiger partial charge is 0.320 e. The molecule has 2 rings (SSSR count). The Bertz CT molecular complexity index is 790. The summed E-state index contributed by atoms with van der Waals surface area (Å²) in [6, 6.07) is 4.80. The van der Waals surface area contributed by atoms with Crippen molar-refractivity contribution in [1.82, 2.24) is 4.72 Å². The molecule has 1 amide bonds. The second-order valence-corrected chi connectivity index (χ2v) is 7.14. The minimum Gasteiger partial charge on any atom is -0.320 e. The smallest absolute Gasteiger partial charge is 0.265 e. The molecule has 0 aliphatic rings. The lowest BCUT2D eigenvalue weighted by atomic mass is 10.3. The number of hydrogen-bond donors (Lipinski definition) is 2. The summed E-state index contributed by atoms with van der Waals surface area (Å²) in [6.07, 6.45) is 0. The third kappa shape index (κ3) is 3.59. The van der Waals surface area contributed by atoms with Crippen molar-refractivity contribution in [2.45, 2.75) is 4.90 Å². The minimum absolute atomic E-state index is 0.00881. The summed E-state index contributed by atoms with van der Waals surface area (Å²) in [5.41, 5.74) is 0.119. The number of hydrogen-bond acceptors (Lipinski definition) is 4. The van der Waals surface area contributed by atoms with Crippen molar-refractivity contribution in [3.63, 3.8) is 0 Å². The van der Waals surface area contributed by atoms with Crippen LogP contribution in [0.15, 0.2) is 34.5 Å². The lowest BCUT2D eigenvalue weighted by Crippen LogP contribution is -2.18. The Kier molecular flexibility index (Phi) is 4.62. The molecule has 0 bridgehead atoms. The fraction of sp³-hybridized carbons (Fsp3) is 0.0833. The van der Waals surface area contributed by atoms with Gasteiger partial charge in [0.2, 0.25) is 10.0 Å². The highest BCUT2D eigenvalue weighted by Gasteiger charge is 2.17. The van der Waals surface area contributed by atoms with Crippen LogP contribution < -0.4 is 10.0 Å². The molecule has 0 saturated carbocycles. The van der Waals surface area contributed by atoms with E-state index in [0.717, 1.165) is 17.4 Å². The highest BCUT2D eigenvalue weighted by Crippen LogP contribution is 2.25. The molecule has 2 aromatic rings. The number of carbonyl (C=O) groups excluding carboxylic acids is 1. The molecule has 0 atom stereocenters. The van der Waals surface area contributed by atoms with Gasteiger partial charge in [-0.1, -0.05) is 11.6 Å². The number of benzene rings is 1. The van der Waals surface area contributed by atoms with Crippen molar-refractivity contribution in [2.75, 3.05) is 12.4 Å². The van der Waals surface area contributed by atoms with Gasteiger partial charge in [-0.2, -0.15) is 0 Å². The SMILES string of the molecule is CNS(=O)(=O)c1csc(C(=O)Nc2cc(F)ccc2Cl)c1. The molecule has 0 fully saturated rings. The number of rotatable bonds is 4. The van der Waals surface area contributed by atoms with E-state index in [1.807, 2.05) is 0 Å². The van der Waals surface area contributed by atoms with E-state index in [1.54, 1.807) is 0 Å². The first-order chi connectivity index (χ1) is 9.83. The van der Waals surface area contributed by atoms with Gasteiger partial charge >= 0.3 is 0 Å². The van der Waals surface area contributed by atoms with Gasteiger partial charge in [0.1, 0.15) is 5.82 Å². The van der Waals surface area contributed by atoms with Gasteiger partial charge in [0.25, 0.3) is 5.91 Å². The van der Waals surface area contributed by atoms with Crippen molar-refractivity contribution < 1.29 is 17.6 Å². The van der Waals surface area contributed by atoms with Gasteiger partial charge in [-0.05, 0) is 31.3 Å². The maximum absolute atomic E-state index is 13.1. The van der Waals surface area contributed by atoms with Crippen LogP contribution in [0.1, 0.15) is 9.67 Å². The van der Waals surface area contributed by atoms with Gasteiger partial charge in [0.05, 0.1) is 20.5 Å². The molecule has 5 nitrogen and oxygen atoms in total. The van der Waals surface area contributed by atoms with Gasteiger partial charge in [-0.25, -0.2) is 17.5 Å². The van der Waals surface area contributed by atoms with Crippen LogP contribution in [-0.4, -0.2) is 21.4 Å². The van der Waals surface area contributed by atoms with Crippen molar-refractivity contribution in [3.05, 3.63) is 45.4 Å². The van der Waals surface area contributed by atoms with Gasteiger partial charge in [0.15, 0.2) is 0 Å². The zero-order valence-corrected chi connectivity index (χ0v) is 13.1. The highest BCUT2D eigenvalue weighted by atomic mass is 35.5. The first-order valence-electron chi connectivity index (χ1n) is 5.62. The molecule has 0 spiro atoms. The van der Waals surface area contributed by atoms with E-state index in [9.17, 15) is 17.6 Å². The predicted molar refractivity (Wildman–Crippen MR) is 79.9 cm³/mol. The van der Waals surface area contributed by atoms with Gasteiger partial charge in [0, 0.05) is 5.38 Å². The molecular formula is C12H10ClFN2O3S2. The predicted octanol–water partition coefficient (Wildman–Crippen LogP) is 2.70. The Balaban J connectivity index is 2.24. The molecule has 0 radical (unpaired) electrons. The van der Waals surface area contributed by atoms with Gasteiger partial charge in [-0.15, -0.1) is 11.3 Å². The standard InChI is InChI=1S/C12H10ClFN2O3S2/c1-15-21(18,19)8-5-11(20-6-8)12(17)16-10-4-7(14)2-3-9(10)13/h2-6,15H,1H3,(H,16,17). The second-order valence-electron chi connectivity index (χ2n) is 3.93. The molecule has 9 heteroatoms. The quantitative estimate of drug-likeness (QED) is 0.892. The van der Waals surface area contributed by atoms with Crippen LogP contribution >= 0.6 is 22.9 Å². The van der Waals surface area contributed by atoms with Crippen LogP contribution in [-0.2, 0) is 10.0 Å². The number of sulfonamides is 1. The zero-order valence-electron chi connectivity index (χ0n) is 10.7. The molecule has 112 valence electrons. The molecule has 0 aliphatic heterocycles. The third-order valence-corrected chi connectivity index (χ3v) is 5.36. The molecular weight excluding hydrogens is 339 g/mol. The number of carbonyl (C=O) groups is 1.